The van der Waals surface area contributed by atoms with E-state index in [-0.39, 0.29) is 10.7 Å². The molecule has 0 radical (unpaired) electrons. The summed E-state index contributed by atoms with van der Waals surface area (Å²) in [6.45, 7) is 0.420. The summed E-state index contributed by atoms with van der Waals surface area (Å²) in [7, 11) is 0. The van der Waals surface area contributed by atoms with Crippen LogP contribution in [0.15, 0.2) is 33.4 Å². The van der Waals surface area contributed by atoms with E-state index in [1.165, 1.54) is 17.4 Å². The summed E-state index contributed by atoms with van der Waals surface area (Å²) < 4.78 is 38.7. The summed E-state index contributed by atoms with van der Waals surface area (Å²) in [4.78, 5) is 0. The Labute approximate surface area is 125 Å². The van der Waals surface area contributed by atoms with Crippen LogP contribution in [0.25, 0.3) is 0 Å². The zero-order valence-corrected chi connectivity index (χ0v) is 12.6. The van der Waals surface area contributed by atoms with E-state index in [1.54, 1.807) is 0 Å². The van der Waals surface area contributed by atoms with Crippen LogP contribution < -0.4 is 5.32 Å². The molecule has 0 aliphatic rings. The molecule has 2 rings (SSSR count). The number of hydrogen-bond acceptors (Lipinski definition) is 2. The molecule has 1 aromatic carbocycles. The highest BCUT2D eigenvalue weighted by Gasteiger charge is 2.30. The molecule has 0 saturated carbocycles. The second-order valence-electron chi connectivity index (χ2n) is 3.81. The molecule has 0 fully saturated rings. The third kappa shape index (κ3) is 3.87. The summed E-state index contributed by atoms with van der Waals surface area (Å²) in [5, 5.41) is 5.09. The highest BCUT2D eigenvalue weighted by atomic mass is 79.9. The van der Waals surface area contributed by atoms with Gasteiger partial charge in [-0.1, -0.05) is 11.6 Å². The predicted molar refractivity (Wildman–Crippen MR) is 75.8 cm³/mol. The number of thiophene rings is 1. The van der Waals surface area contributed by atoms with E-state index >= 15 is 0 Å². The fraction of sp³-hybridized carbons (Fsp3) is 0.167. The Morgan fingerprint density at radius 1 is 1.26 bits per heavy atom. The maximum absolute atomic E-state index is 12.6. The van der Waals surface area contributed by atoms with Crippen LogP contribution in [-0.2, 0) is 12.7 Å². The molecule has 0 aliphatic carbocycles. The van der Waals surface area contributed by atoms with Gasteiger partial charge in [0.25, 0.3) is 0 Å². The third-order valence-electron chi connectivity index (χ3n) is 2.40. The fourth-order valence-corrected chi connectivity index (χ4v) is 2.87. The molecular weight excluding hydrogens is 363 g/mol. The number of benzene rings is 1. The van der Waals surface area contributed by atoms with Gasteiger partial charge in [-0.2, -0.15) is 13.2 Å². The van der Waals surface area contributed by atoms with Gasteiger partial charge in [0, 0.05) is 6.54 Å². The van der Waals surface area contributed by atoms with Gasteiger partial charge in [0.2, 0.25) is 0 Å². The lowest BCUT2D eigenvalue weighted by Crippen LogP contribution is -2.06. The van der Waals surface area contributed by atoms with Crippen LogP contribution in [0.4, 0.5) is 18.9 Å². The van der Waals surface area contributed by atoms with Crippen molar-refractivity contribution < 1.29 is 13.2 Å². The van der Waals surface area contributed by atoms with E-state index < -0.39 is 11.7 Å². The van der Waals surface area contributed by atoms with Gasteiger partial charge in [-0.15, -0.1) is 11.3 Å². The van der Waals surface area contributed by atoms with Gasteiger partial charge in [-0.3, -0.25) is 0 Å². The highest BCUT2D eigenvalue weighted by molar-refractivity contribution is 9.11. The van der Waals surface area contributed by atoms with Crippen molar-refractivity contribution in [3.05, 3.63) is 49.6 Å². The standard InChI is InChI=1S/C12H8BrClF3NS/c13-11-3-7(6-19-11)5-18-10-4-8(12(15,16)17)1-2-9(10)14/h1-4,6,18H,5H2. The van der Waals surface area contributed by atoms with Crippen LogP contribution in [0.3, 0.4) is 0 Å². The maximum atomic E-state index is 12.6. The average Bonchev–Trinajstić information content (AvgIpc) is 2.72. The molecule has 0 bridgehead atoms. The maximum Gasteiger partial charge on any atom is 0.416 e. The van der Waals surface area contributed by atoms with E-state index in [9.17, 15) is 13.2 Å². The van der Waals surface area contributed by atoms with E-state index in [0.717, 1.165) is 21.5 Å². The quantitative estimate of drug-likeness (QED) is 0.720. The first-order valence-electron chi connectivity index (χ1n) is 5.20. The summed E-state index contributed by atoms with van der Waals surface area (Å²) in [6, 6.07) is 5.13. The molecular formula is C12H8BrClF3NS. The number of nitrogens with one attached hydrogen (secondary N) is 1. The molecule has 2 aromatic rings. The van der Waals surface area contributed by atoms with Gasteiger partial charge in [0.1, 0.15) is 0 Å². The lowest BCUT2D eigenvalue weighted by Gasteiger charge is -2.11. The Morgan fingerprint density at radius 2 is 2.00 bits per heavy atom. The predicted octanol–water partition coefficient (Wildman–Crippen LogP) is 5.79. The smallest absolute Gasteiger partial charge is 0.380 e. The van der Waals surface area contributed by atoms with Crippen LogP contribution >= 0.6 is 38.9 Å². The van der Waals surface area contributed by atoms with Crippen molar-refractivity contribution in [2.45, 2.75) is 12.7 Å². The second kappa shape index (κ2) is 5.73. The number of alkyl halides is 3. The molecule has 1 aromatic heterocycles. The van der Waals surface area contributed by atoms with Gasteiger partial charge in [0.15, 0.2) is 0 Å². The monoisotopic (exact) mass is 369 g/mol. The Hall–Kier alpha value is -0.720. The van der Waals surface area contributed by atoms with Crippen molar-refractivity contribution in [1.29, 1.82) is 0 Å². The zero-order valence-electron chi connectivity index (χ0n) is 9.39. The van der Waals surface area contributed by atoms with Gasteiger partial charge in [-0.05, 0) is 51.1 Å². The minimum atomic E-state index is -4.37. The number of halogens is 5. The Kier molecular flexibility index (Phi) is 4.43. The summed E-state index contributed by atoms with van der Waals surface area (Å²) >= 11 is 10.7. The van der Waals surface area contributed by atoms with E-state index in [2.05, 4.69) is 21.2 Å². The van der Waals surface area contributed by atoms with Gasteiger partial charge in [0.05, 0.1) is 20.1 Å². The number of hydrogen-bond donors (Lipinski definition) is 1. The largest absolute Gasteiger partial charge is 0.416 e. The van der Waals surface area contributed by atoms with Crippen LogP contribution in [0.5, 0.6) is 0 Å². The molecule has 0 spiro atoms. The molecule has 1 heterocycles. The zero-order chi connectivity index (χ0) is 14.0. The molecule has 0 atom stereocenters. The summed E-state index contributed by atoms with van der Waals surface area (Å²) in [5.74, 6) is 0. The summed E-state index contributed by atoms with van der Waals surface area (Å²) in [6.07, 6.45) is -4.37. The number of anilines is 1. The Morgan fingerprint density at radius 3 is 2.58 bits per heavy atom. The lowest BCUT2D eigenvalue weighted by atomic mass is 10.2. The first-order chi connectivity index (χ1) is 8.86. The normalized spacial score (nSPS) is 11.6. The SMILES string of the molecule is FC(F)(F)c1ccc(Cl)c(NCc2csc(Br)c2)c1. The highest BCUT2D eigenvalue weighted by Crippen LogP contribution is 2.34. The van der Waals surface area contributed by atoms with Crippen LogP contribution in [-0.4, -0.2) is 0 Å². The number of rotatable bonds is 3. The first kappa shape index (κ1) is 14.7. The van der Waals surface area contributed by atoms with Crippen molar-refractivity contribution in [1.82, 2.24) is 0 Å². The lowest BCUT2D eigenvalue weighted by molar-refractivity contribution is -0.137. The van der Waals surface area contributed by atoms with Crippen molar-refractivity contribution >= 4 is 44.6 Å². The summed E-state index contributed by atoms with van der Waals surface area (Å²) in [5.41, 5.74) is 0.537. The van der Waals surface area contributed by atoms with Crippen molar-refractivity contribution in [3.63, 3.8) is 0 Å². The van der Waals surface area contributed by atoms with Crippen molar-refractivity contribution in [3.8, 4) is 0 Å². The minimum absolute atomic E-state index is 0.266. The first-order valence-corrected chi connectivity index (χ1v) is 7.25. The van der Waals surface area contributed by atoms with E-state index in [0.29, 0.717) is 6.54 Å². The average molecular weight is 371 g/mol. The third-order valence-corrected chi connectivity index (χ3v) is 4.28. The van der Waals surface area contributed by atoms with Crippen molar-refractivity contribution in [2.75, 3.05) is 5.32 Å². The fourth-order valence-electron chi connectivity index (χ4n) is 1.47. The van der Waals surface area contributed by atoms with Crippen LogP contribution in [0, 0.1) is 0 Å². The molecule has 0 saturated heterocycles. The van der Waals surface area contributed by atoms with Gasteiger partial charge < -0.3 is 5.32 Å². The molecule has 0 unspecified atom stereocenters. The molecule has 19 heavy (non-hydrogen) atoms. The molecule has 7 heteroatoms. The van der Waals surface area contributed by atoms with Crippen molar-refractivity contribution in [2.24, 2.45) is 0 Å². The molecule has 1 nitrogen and oxygen atoms in total. The van der Waals surface area contributed by atoms with Crippen LogP contribution in [0.2, 0.25) is 5.02 Å². The second-order valence-corrected chi connectivity index (χ2v) is 6.50. The Balaban J connectivity index is 2.15. The molecule has 0 amide bonds. The van der Waals surface area contributed by atoms with E-state index in [1.807, 2.05) is 11.4 Å². The van der Waals surface area contributed by atoms with Crippen LogP contribution in [0.1, 0.15) is 11.1 Å². The molecule has 102 valence electrons. The minimum Gasteiger partial charge on any atom is -0.380 e. The Bertz CT molecular complexity index is 583. The van der Waals surface area contributed by atoms with E-state index in [4.69, 9.17) is 11.6 Å². The van der Waals surface area contributed by atoms with Gasteiger partial charge in [-0.25, -0.2) is 0 Å². The molecule has 1 N–H and O–H groups in total. The topological polar surface area (TPSA) is 12.0 Å². The van der Waals surface area contributed by atoms with Gasteiger partial charge >= 0.3 is 6.18 Å². The molecule has 0 aliphatic heterocycles.